The standard InChI is InChI=1S/C22H28N2O4S/c1-4-13-24(19-11-9-16-7-5-6-8-17(16)14-19)22(25)18-10-12-20(28-3)21(15-18)29(26,27)23-2/h5-8,10,12,15,19,23H,4,9,11,13-14H2,1-3H3. The van der Waals surface area contributed by atoms with Gasteiger partial charge < -0.3 is 9.64 Å². The summed E-state index contributed by atoms with van der Waals surface area (Å²) >= 11 is 0. The molecular formula is C22H28N2O4S. The van der Waals surface area contributed by atoms with Crippen LogP contribution in [-0.4, -0.2) is 46.0 Å². The van der Waals surface area contributed by atoms with E-state index >= 15 is 0 Å². The average molecular weight is 417 g/mol. The van der Waals surface area contributed by atoms with Crippen molar-refractivity contribution in [3.63, 3.8) is 0 Å². The second-order valence-electron chi connectivity index (χ2n) is 7.24. The van der Waals surface area contributed by atoms with Gasteiger partial charge in [-0.2, -0.15) is 0 Å². The van der Waals surface area contributed by atoms with E-state index in [0.717, 1.165) is 25.7 Å². The Bertz CT molecular complexity index is 988. The lowest BCUT2D eigenvalue weighted by Gasteiger charge is -2.35. The molecular weight excluding hydrogens is 388 g/mol. The van der Waals surface area contributed by atoms with Crippen molar-refractivity contribution in [3.05, 3.63) is 59.2 Å². The Labute approximate surface area is 172 Å². The molecule has 7 heteroatoms. The molecule has 0 saturated heterocycles. The quantitative estimate of drug-likeness (QED) is 0.753. The number of aryl methyl sites for hydroxylation is 1. The second-order valence-corrected chi connectivity index (χ2v) is 9.09. The number of carbonyl (C=O) groups is 1. The van der Waals surface area contributed by atoms with Gasteiger partial charge in [0.2, 0.25) is 10.0 Å². The first kappa shape index (κ1) is 21.3. The molecule has 0 heterocycles. The molecule has 156 valence electrons. The molecule has 1 atom stereocenters. The number of hydrogen-bond donors (Lipinski definition) is 1. The highest BCUT2D eigenvalue weighted by Gasteiger charge is 2.29. The predicted molar refractivity (Wildman–Crippen MR) is 113 cm³/mol. The van der Waals surface area contributed by atoms with Crippen LogP contribution in [0.25, 0.3) is 0 Å². The normalized spacial score (nSPS) is 16.2. The van der Waals surface area contributed by atoms with Crippen molar-refractivity contribution >= 4 is 15.9 Å². The first-order chi connectivity index (χ1) is 13.9. The molecule has 2 aromatic rings. The van der Waals surface area contributed by atoms with Crippen molar-refractivity contribution < 1.29 is 17.9 Å². The number of nitrogens with one attached hydrogen (secondary N) is 1. The van der Waals surface area contributed by atoms with E-state index < -0.39 is 10.0 Å². The molecule has 0 bridgehead atoms. The number of sulfonamides is 1. The zero-order valence-corrected chi connectivity index (χ0v) is 18.0. The van der Waals surface area contributed by atoms with E-state index in [-0.39, 0.29) is 22.6 Å². The van der Waals surface area contributed by atoms with Gasteiger partial charge in [-0.25, -0.2) is 13.1 Å². The van der Waals surface area contributed by atoms with Crippen LogP contribution in [0.1, 0.15) is 41.3 Å². The third-order valence-corrected chi connectivity index (χ3v) is 6.89. The van der Waals surface area contributed by atoms with Gasteiger partial charge in [0.15, 0.2) is 0 Å². The van der Waals surface area contributed by atoms with Crippen LogP contribution in [0.5, 0.6) is 5.75 Å². The molecule has 1 aliphatic carbocycles. The lowest BCUT2D eigenvalue weighted by atomic mass is 9.87. The summed E-state index contributed by atoms with van der Waals surface area (Å²) in [5.74, 6) is 0.0657. The van der Waals surface area contributed by atoms with Crippen molar-refractivity contribution in [2.24, 2.45) is 0 Å². The van der Waals surface area contributed by atoms with Crippen molar-refractivity contribution in [1.29, 1.82) is 0 Å². The Morgan fingerprint density at radius 1 is 1.21 bits per heavy atom. The monoisotopic (exact) mass is 416 g/mol. The number of amides is 1. The predicted octanol–water partition coefficient (Wildman–Crippen LogP) is 3.01. The summed E-state index contributed by atoms with van der Waals surface area (Å²) < 4.78 is 32.2. The second kappa shape index (κ2) is 8.97. The molecule has 2 aromatic carbocycles. The van der Waals surface area contributed by atoms with Crippen LogP contribution in [0.15, 0.2) is 47.4 Å². The zero-order chi connectivity index (χ0) is 21.0. The van der Waals surface area contributed by atoms with E-state index in [4.69, 9.17) is 4.74 Å². The fourth-order valence-corrected chi connectivity index (χ4v) is 4.85. The third-order valence-electron chi connectivity index (χ3n) is 5.46. The summed E-state index contributed by atoms with van der Waals surface area (Å²) in [6, 6.07) is 13.0. The van der Waals surface area contributed by atoms with E-state index in [1.807, 2.05) is 17.9 Å². The highest BCUT2D eigenvalue weighted by Crippen LogP contribution is 2.28. The first-order valence-corrected chi connectivity index (χ1v) is 11.4. The number of carbonyl (C=O) groups excluding carboxylic acids is 1. The molecule has 1 amide bonds. The number of fused-ring (bicyclic) bond motifs is 1. The minimum absolute atomic E-state index is 0.0289. The molecule has 0 spiro atoms. The number of hydrogen-bond acceptors (Lipinski definition) is 4. The van der Waals surface area contributed by atoms with Crippen molar-refractivity contribution in [3.8, 4) is 5.75 Å². The molecule has 0 aliphatic heterocycles. The van der Waals surface area contributed by atoms with Gasteiger partial charge >= 0.3 is 0 Å². The third kappa shape index (κ3) is 4.46. The largest absolute Gasteiger partial charge is 0.495 e. The van der Waals surface area contributed by atoms with Gasteiger partial charge in [-0.3, -0.25) is 4.79 Å². The van der Waals surface area contributed by atoms with Gasteiger partial charge in [0, 0.05) is 18.2 Å². The fraction of sp³-hybridized carbons (Fsp3) is 0.409. The fourth-order valence-electron chi connectivity index (χ4n) is 3.93. The van der Waals surface area contributed by atoms with Crippen LogP contribution in [0, 0.1) is 0 Å². The number of methoxy groups -OCH3 is 1. The number of benzene rings is 2. The Morgan fingerprint density at radius 2 is 1.93 bits per heavy atom. The number of nitrogens with zero attached hydrogens (tertiary/aromatic N) is 1. The molecule has 1 N–H and O–H groups in total. The van der Waals surface area contributed by atoms with Gasteiger partial charge in [-0.1, -0.05) is 31.2 Å². The molecule has 29 heavy (non-hydrogen) atoms. The molecule has 0 radical (unpaired) electrons. The molecule has 0 saturated carbocycles. The Morgan fingerprint density at radius 3 is 2.59 bits per heavy atom. The maximum atomic E-state index is 13.4. The van der Waals surface area contributed by atoms with Crippen LogP contribution in [0.4, 0.5) is 0 Å². The van der Waals surface area contributed by atoms with E-state index in [9.17, 15) is 13.2 Å². The lowest BCUT2D eigenvalue weighted by Crippen LogP contribution is -2.44. The highest BCUT2D eigenvalue weighted by atomic mass is 32.2. The molecule has 0 fully saturated rings. The maximum absolute atomic E-state index is 13.4. The Balaban J connectivity index is 1.93. The van der Waals surface area contributed by atoms with Crippen LogP contribution in [0.3, 0.4) is 0 Å². The highest BCUT2D eigenvalue weighted by molar-refractivity contribution is 7.89. The SMILES string of the molecule is CCCN(C(=O)c1ccc(OC)c(S(=O)(=O)NC)c1)C1CCc2ccccc2C1. The van der Waals surface area contributed by atoms with Gasteiger partial charge in [-0.15, -0.1) is 0 Å². The van der Waals surface area contributed by atoms with Crippen LogP contribution < -0.4 is 9.46 Å². The Kier molecular flexibility index (Phi) is 6.59. The summed E-state index contributed by atoms with van der Waals surface area (Å²) in [5, 5.41) is 0. The number of rotatable bonds is 7. The van der Waals surface area contributed by atoms with Crippen molar-refractivity contribution in [2.75, 3.05) is 20.7 Å². The summed E-state index contributed by atoms with van der Waals surface area (Å²) in [7, 11) is -0.995. The number of ether oxygens (including phenoxy) is 1. The summed E-state index contributed by atoms with van der Waals surface area (Å²) in [4.78, 5) is 15.3. The molecule has 3 rings (SSSR count). The minimum Gasteiger partial charge on any atom is -0.495 e. The molecule has 1 unspecified atom stereocenters. The maximum Gasteiger partial charge on any atom is 0.254 e. The smallest absolute Gasteiger partial charge is 0.254 e. The first-order valence-electron chi connectivity index (χ1n) is 9.90. The summed E-state index contributed by atoms with van der Waals surface area (Å²) in [6.07, 6.45) is 3.50. The topological polar surface area (TPSA) is 75.7 Å². The molecule has 0 aromatic heterocycles. The van der Waals surface area contributed by atoms with E-state index in [1.165, 1.54) is 37.4 Å². The Hall–Kier alpha value is -2.38. The summed E-state index contributed by atoms with van der Waals surface area (Å²) in [6.45, 7) is 2.67. The van der Waals surface area contributed by atoms with Gasteiger partial charge in [0.1, 0.15) is 10.6 Å². The van der Waals surface area contributed by atoms with Crippen LogP contribution in [-0.2, 0) is 22.9 Å². The zero-order valence-electron chi connectivity index (χ0n) is 17.1. The van der Waals surface area contributed by atoms with Gasteiger partial charge in [0.25, 0.3) is 5.91 Å². The van der Waals surface area contributed by atoms with E-state index in [0.29, 0.717) is 12.1 Å². The van der Waals surface area contributed by atoms with Crippen LogP contribution >= 0.6 is 0 Å². The van der Waals surface area contributed by atoms with Gasteiger partial charge in [-0.05, 0) is 62.1 Å². The van der Waals surface area contributed by atoms with E-state index in [1.54, 1.807) is 6.07 Å². The van der Waals surface area contributed by atoms with Gasteiger partial charge in [0.05, 0.1) is 7.11 Å². The van der Waals surface area contributed by atoms with Crippen LogP contribution in [0.2, 0.25) is 0 Å². The molecule has 1 aliphatic rings. The van der Waals surface area contributed by atoms with E-state index in [2.05, 4.69) is 22.9 Å². The lowest BCUT2D eigenvalue weighted by molar-refractivity contribution is 0.0661. The molecule has 6 nitrogen and oxygen atoms in total. The van der Waals surface area contributed by atoms with Crippen molar-refractivity contribution in [2.45, 2.75) is 43.5 Å². The minimum atomic E-state index is -3.75. The average Bonchev–Trinajstić information content (AvgIpc) is 2.76. The van der Waals surface area contributed by atoms with Crippen molar-refractivity contribution in [1.82, 2.24) is 9.62 Å². The summed E-state index contributed by atoms with van der Waals surface area (Å²) in [5.41, 5.74) is 2.98.